The third-order valence-electron chi connectivity index (χ3n) is 23.8. The molecule has 0 amide bonds. The number of hydrogen-bond acceptors (Lipinski definition) is 26. The molecule has 6 aliphatic rings. The standard InChI is InChI=1S/C29H33N5O7S.C28H29N3O8S.C27H31BrN2O8S/c1-18-23-24(35)34(29(27(36)37)11-5-6-12-29)28(38)32(26(23)42-25(18)33-17-30-16-31-33)15-22(41-19-9-13-40-14-10-19)20-7-3-4-8-21(20)39-2;1-16-22-24(32)31(28(9-10-28)26(33)34)27(35)30(25(22)40-23(16)20-13-29-15-38-20)14-21(39-17-7-11-37-12-8-17)18-5-3-4-6-19(18)36-2;1-16-21-23(31)30(27(25(32)33)10-5-11-37-15-27)26(34)29(24(21)39-22(16)28)14-20(38-17-8-12-36-13-9-17)18-6-3-4-7-19(18)35-2/h3-4,7-8,16-17,19,22H,5-6,9-15H2,1-2H3,(H,36,37);3-6,13,15,17,21H,7-12,14H2,1-2H3,(H,33,34);3-4,6-7,17,20H,5,8-15H2,1-2H3,(H,32,33)/t22-;21-;20-,27?/m000/s1. The van der Waals surface area contributed by atoms with Crippen LogP contribution in [0.15, 0.2) is 135 Å². The number of nitrogens with zero attached hydrogens (tertiary/aromatic N) is 10. The van der Waals surface area contributed by atoms with Crippen LogP contribution < -0.4 is 48.0 Å². The van der Waals surface area contributed by atoms with Crippen molar-refractivity contribution in [3.05, 3.63) is 198 Å². The Bertz CT molecular complexity index is 6030. The number of aryl methyl sites for hydroxylation is 3. The highest BCUT2D eigenvalue weighted by molar-refractivity contribution is 9.11. The minimum atomic E-state index is -1.80. The van der Waals surface area contributed by atoms with Crippen LogP contribution >= 0.6 is 49.9 Å². The van der Waals surface area contributed by atoms with E-state index in [0.717, 1.165) is 30.4 Å². The van der Waals surface area contributed by atoms with Crippen LogP contribution in [-0.2, 0) is 83.8 Å². The number of para-hydroxylation sites is 3. The summed E-state index contributed by atoms with van der Waals surface area (Å²) < 4.78 is 73.9. The number of benzene rings is 3. The lowest BCUT2D eigenvalue weighted by Crippen LogP contribution is -2.59. The van der Waals surface area contributed by atoms with Crippen LogP contribution in [0.2, 0.25) is 0 Å². The molecule has 642 valence electrons. The third-order valence-corrected chi connectivity index (χ3v) is 28.6. The quantitative estimate of drug-likeness (QED) is 0.0453. The fourth-order valence-corrected chi connectivity index (χ4v) is 21.3. The Balaban J connectivity index is 0.000000141. The number of carboxylic acid groups (broad SMARTS) is 3. The molecule has 6 fully saturated rings. The maximum Gasteiger partial charge on any atom is 0.333 e. The van der Waals surface area contributed by atoms with Crippen molar-refractivity contribution in [3.8, 4) is 32.9 Å². The highest BCUT2D eigenvalue weighted by atomic mass is 79.9. The number of aromatic nitrogens is 10. The smallest absolute Gasteiger partial charge is 0.333 e. The molecule has 4 saturated heterocycles. The molecule has 33 nitrogen and oxygen atoms in total. The van der Waals surface area contributed by atoms with Crippen LogP contribution in [0.3, 0.4) is 0 Å². The first-order valence-electron chi connectivity index (χ1n) is 40.1. The second-order valence-corrected chi connectivity index (χ2v) is 35.1. The van der Waals surface area contributed by atoms with E-state index in [1.165, 1.54) is 66.8 Å². The Morgan fingerprint density at radius 2 is 0.893 bits per heavy atom. The van der Waals surface area contributed by atoms with Gasteiger partial charge in [-0.1, -0.05) is 78.8 Å². The Morgan fingerprint density at radius 3 is 1.28 bits per heavy atom. The molecule has 17 rings (SSSR count). The van der Waals surface area contributed by atoms with Gasteiger partial charge in [-0.05, 0) is 143 Å². The largest absolute Gasteiger partial charge is 0.496 e. The van der Waals surface area contributed by atoms with E-state index in [1.807, 2.05) is 72.8 Å². The van der Waals surface area contributed by atoms with Crippen LogP contribution in [0.25, 0.3) is 46.3 Å². The number of fused-ring (bicyclic) bond motifs is 3. The first-order chi connectivity index (χ1) is 58.5. The van der Waals surface area contributed by atoms with E-state index >= 15 is 0 Å². The van der Waals surface area contributed by atoms with Crippen molar-refractivity contribution in [2.75, 3.05) is 74.2 Å². The zero-order valence-corrected chi connectivity index (χ0v) is 71.5. The third kappa shape index (κ3) is 16.5. The number of ether oxygens (including phenoxy) is 10. The van der Waals surface area contributed by atoms with Gasteiger partial charge in [0.05, 0.1) is 96.9 Å². The van der Waals surface area contributed by atoms with Gasteiger partial charge in [-0.2, -0.15) is 5.10 Å². The van der Waals surface area contributed by atoms with Crippen molar-refractivity contribution < 1.29 is 81.5 Å². The summed E-state index contributed by atoms with van der Waals surface area (Å²) in [7, 11) is 4.73. The van der Waals surface area contributed by atoms with Gasteiger partial charge in [0.1, 0.15) is 78.8 Å². The highest BCUT2D eigenvalue weighted by Gasteiger charge is 2.55. The van der Waals surface area contributed by atoms with Crippen LogP contribution in [-0.4, -0.2) is 173 Å². The molecule has 2 aliphatic carbocycles. The Morgan fingerprint density at radius 1 is 0.496 bits per heavy atom. The molecule has 8 aromatic heterocycles. The molecule has 12 heterocycles. The molecule has 0 spiro atoms. The number of rotatable bonds is 26. The van der Waals surface area contributed by atoms with Crippen molar-refractivity contribution in [1.29, 1.82) is 0 Å². The van der Waals surface area contributed by atoms with E-state index in [2.05, 4.69) is 31.0 Å². The molecule has 3 N–H and O–H groups in total. The minimum absolute atomic E-state index is 0.0405. The average molecular weight is 1790 g/mol. The predicted molar refractivity (Wildman–Crippen MR) is 450 cm³/mol. The number of thiophene rings is 3. The van der Waals surface area contributed by atoms with Gasteiger partial charge in [0.2, 0.25) is 0 Å². The van der Waals surface area contributed by atoms with Gasteiger partial charge >= 0.3 is 35.0 Å². The Labute approximate surface area is 711 Å². The van der Waals surface area contributed by atoms with E-state index in [1.54, 1.807) is 53.0 Å². The second kappa shape index (κ2) is 36.5. The van der Waals surface area contributed by atoms with E-state index in [9.17, 15) is 58.5 Å². The van der Waals surface area contributed by atoms with E-state index in [0.29, 0.717) is 183 Å². The fourth-order valence-electron chi connectivity index (χ4n) is 17.1. The molecule has 121 heavy (non-hydrogen) atoms. The Hall–Kier alpha value is -10.1. The first-order valence-corrected chi connectivity index (χ1v) is 43.4. The predicted octanol–water partition coefficient (Wildman–Crippen LogP) is 11.0. The normalized spacial score (nSPS) is 18.9. The summed E-state index contributed by atoms with van der Waals surface area (Å²) in [6.07, 6.45) is 10.4. The Kier molecular flexibility index (Phi) is 25.9. The lowest BCUT2D eigenvalue weighted by Gasteiger charge is -2.35. The summed E-state index contributed by atoms with van der Waals surface area (Å²) in [6, 6.07) is 22.4. The van der Waals surface area contributed by atoms with E-state index in [-0.39, 0.29) is 82.0 Å². The summed E-state index contributed by atoms with van der Waals surface area (Å²) in [6.45, 7) is 9.04. The first kappa shape index (κ1) is 85.9. The van der Waals surface area contributed by atoms with Gasteiger partial charge in [0.15, 0.2) is 17.7 Å². The zero-order valence-electron chi connectivity index (χ0n) is 67.5. The van der Waals surface area contributed by atoms with Crippen LogP contribution in [0, 0.1) is 20.8 Å². The molecular formula is C84H93BrN10O23S3. The van der Waals surface area contributed by atoms with Gasteiger partial charge in [-0.15, -0.1) is 22.7 Å². The number of carboxylic acids is 3. The number of halogens is 1. The van der Waals surface area contributed by atoms with Crippen molar-refractivity contribution in [2.24, 2.45) is 0 Å². The molecule has 0 radical (unpaired) electrons. The maximum atomic E-state index is 14.4. The lowest BCUT2D eigenvalue weighted by atomic mass is 9.92. The van der Waals surface area contributed by atoms with Gasteiger partial charge in [0.25, 0.3) is 16.7 Å². The number of methoxy groups -OCH3 is 3. The highest BCUT2D eigenvalue weighted by Crippen LogP contribution is 2.46. The van der Waals surface area contributed by atoms with E-state index in [4.69, 9.17) is 51.8 Å². The van der Waals surface area contributed by atoms with Crippen LogP contribution in [0.1, 0.15) is 142 Å². The maximum absolute atomic E-state index is 14.4. The molecule has 11 aromatic rings. The fraction of sp³-hybridized carbons (Fsp3) is 0.476. The number of aliphatic carboxylic acids is 3. The minimum Gasteiger partial charge on any atom is -0.496 e. The molecule has 1 unspecified atom stereocenters. The van der Waals surface area contributed by atoms with E-state index < -0.39 is 86.6 Å². The van der Waals surface area contributed by atoms with Crippen LogP contribution in [0.4, 0.5) is 0 Å². The van der Waals surface area contributed by atoms with Gasteiger partial charge in [0, 0.05) is 68.5 Å². The SMILES string of the molecule is COc1ccccc1[C@H](Cn1c(=O)n(C2(C(=O)O)CC2)c(=O)c2c(C)c(-c3cnco3)sc21)OC1CCOCC1.COc1ccccc1[C@H](Cn1c(=O)n(C2(C(=O)O)CCCC2)c(=O)c2c(C)c(-n3cncn3)sc21)OC1CCOCC1.COc1ccccc1[C@H](Cn1c(=O)n(C2(C(=O)O)CCCOC2)c(=O)c2c(C)c(Br)sc21)OC1CCOCC1. The van der Waals surface area contributed by atoms with Gasteiger partial charge < -0.3 is 67.1 Å². The number of oxazole rings is 1. The lowest BCUT2D eigenvalue weighted by molar-refractivity contribution is -0.156. The number of carbonyl (C=O) groups is 3. The molecule has 4 aliphatic heterocycles. The monoisotopic (exact) mass is 1780 g/mol. The topological polar surface area (TPSA) is 393 Å². The molecular weight excluding hydrogens is 1690 g/mol. The van der Waals surface area contributed by atoms with Crippen molar-refractivity contribution in [2.45, 2.75) is 184 Å². The summed E-state index contributed by atoms with van der Waals surface area (Å²) >= 11 is 7.28. The number of hydrogen-bond donors (Lipinski definition) is 3. The van der Waals surface area contributed by atoms with Crippen molar-refractivity contribution in [1.82, 2.24) is 47.2 Å². The van der Waals surface area contributed by atoms with Crippen LogP contribution in [0.5, 0.6) is 17.2 Å². The zero-order chi connectivity index (χ0) is 85.2. The summed E-state index contributed by atoms with van der Waals surface area (Å²) in [5.74, 6) is -1.35. The van der Waals surface area contributed by atoms with Crippen molar-refractivity contribution >= 4 is 98.5 Å². The summed E-state index contributed by atoms with van der Waals surface area (Å²) in [5, 5.41) is 36.6. The van der Waals surface area contributed by atoms with Crippen molar-refractivity contribution in [3.63, 3.8) is 0 Å². The molecule has 3 aromatic carbocycles. The molecule has 37 heteroatoms. The second-order valence-electron chi connectivity index (χ2n) is 30.8. The molecule has 0 bridgehead atoms. The molecule has 2 saturated carbocycles. The molecule has 4 atom stereocenters. The van der Waals surface area contributed by atoms with Gasteiger partial charge in [-0.25, -0.2) is 57.1 Å². The average Bonchev–Trinajstić information content (AvgIpc) is 1.72. The summed E-state index contributed by atoms with van der Waals surface area (Å²) in [4.78, 5) is 132. The summed E-state index contributed by atoms with van der Waals surface area (Å²) in [5.41, 5.74) is -4.77. The van der Waals surface area contributed by atoms with Gasteiger partial charge in [-0.3, -0.25) is 28.1 Å².